The zero-order valence-corrected chi connectivity index (χ0v) is 19.4. The molecule has 4 aromatic carbocycles. The number of hydrogen-bond acceptors (Lipinski definition) is 0. The first-order valence-electron chi connectivity index (χ1n) is 8.85. The molecule has 0 heterocycles. The summed E-state index contributed by atoms with van der Waals surface area (Å²) in [5, 5.41) is 5.45. The van der Waals surface area contributed by atoms with Crippen molar-refractivity contribution in [3.63, 3.8) is 0 Å². The first-order valence-corrected chi connectivity index (χ1v) is 8.85. The fourth-order valence-electron chi connectivity index (χ4n) is 3.02. The summed E-state index contributed by atoms with van der Waals surface area (Å²) in [5.74, 6) is 1.27. The molecule has 0 spiro atoms. The number of halogens is 2. The Morgan fingerprint density at radius 3 is 1.22 bits per heavy atom. The van der Waals surface area contributed by atoms with E-state index < -0.39 is 0 Å². The monoisotopic (exact) mass is 432 g/mol. The van der Waals surface area contributed by atoms with Gasteiger partial charge in [-0.1, -0.05) is 39.8 Å². The van der Waals surface area contributed by atoms with Gasteiger partial charge in [0.2, 0.25) is 0 Å². The van der Waals surface area contributed by atoms with Gasteiger partial charge in [-0.05, 0) is 11.8 Å². The van der Waals surface area contributed by atoms with E-state index in [2.05, 4.69) is 100 Å². The van der Waals surface area contributed by atoms with E-state index in [9.17, 15) is 0 Å². The van der Waals surface area contributed by atoms with Crippen LogP contribution in [0.2, 0.25) is 0 Å². The normalized spacial score (nSPS) is 10.0. The van der Waals surface area contributed by atoms with Crippen molar-refractivity contribution in [2.75, 3.05) is 0 Å². The van der Waals surface area contributed by atoms with Gasteiger partial charge in [0.15, 0.2) is 0 Å². The molecule has 4 rings (SSSR count). The summed E-state index contributed by atoms with van der Waals surface area (Å²) in [6, 6.07) is 26.1. The summed E-state index contributed by atoms with van der Waals surface area (Å²) in [7, 11) is 0. The Balaban J connectivity index is 0.000000451. The van der Waals surface area contributed by atoms with Gasteiger partial charge >= 0.3 is 21.7 Å². The SMILES string of the molecule is CC(C)c1cc2ccccc2[cH-]1.CC(C)c1cc2ccccc2[cH-]1.[Cl-].[Cl-].[Ti+4]. The smallest absolute Gasteiger partial charge is 1.00 e. The molecule has 0 atom stereocenters. The Bertz CT molecular complexity index is 788. The van der Waals surface area contributed by atoms with Gasteiger partial charge in [0, 0.05) is 0 Å². The maximum absolute atomic E-state index is 2.28. The van der Waals surface area contributed by atoms with Crippen LogP contribution >= 0.6 is 0 Å². The van der Waals surface area contributed by atoms with E-state index >= 15 is 0 Å². The minimum atomic E-state index is 0. The molecule has 0 aliphatic rings. The molecule has 0 saturated carbocycles. The van der Waals surface area contributed by atoms with E-state index in [4.69, 9.17) is 0 Å². The second-order valence-electron chi connectivity index (χ2n) is 7.14. The second-order valence-corrected chi connectivity index (χ2v) is 7.14. The van der Waals surface area contributed by atoms with E-state index in [1.54, 1.807) is 0 Å². The van der Waals surface area contributed by atoms with Gasteiger partial charge in [-0.2, -0.15) is 12.1 Å². The predicted molar refractivity (Wildman–Crippen MR) is 107 cm³/mol. The van der Waals surface area contributed by atoms with Crippen LogP contribution in [0.1, 0.15) is 50.7 Å². The third-order valence-corrected chi connectivity index (χ3v) is 4.61. The largest absolute Gasteiger partial charge is 4.00 e. The van der Waals surface area contributed by atoms with Crippen LogP contribution in [-0.4, -0.2) is 0 Å². The number of rotatable bonds is 2. The van der Waals surface area contributed by atoms with Crippen LogP contribution in [-0.2, 0) is 21.7 Å². The topological polar surface area (TPSA) is 0 Å². The van der Waals surface area contributed by atoms with Crippen LogP contribution < -0.4 is 24.8 Å². The molecule has 0 unspecified atom stereocenters. The van der Waals surface area contributed by atoms with Crippen LogP contribution in [0.25, 0.3) is 21.5 Å². The summed E-state index contributed by atoms with van der Waals surface area (Å²) in [4.78, 5) is 0. The predicted octanol–water partition coefficient (Wildman–Crippen LogP) is 1.37. The van der Waals surface area contributed by atoms with Crippen LogP contribution in [0, 0.1) is 0 Å². The van der Waals surface area contributed by atoms with Gasteiger partial charge in [0.25, 0.3) is 0 Å². The van der Waals surface area contributed by atoms with E-state index in [0.717, 1.165) is 0 Å². The molecule has 0 N–H and O–H groups in total. The molecule has 0 amide bonds. The van der Waals surface area contributed by atoms with Gasteiger partial charge in [-0.3, -0.25) is 0 Å². The Morgan fingerprint density at radius 2 is 0.926 bits per heavy atom. The van der Waals surface area contributed by atoms with Crippen molar-refractivity contribution in [2.45, 2.75) is 39.5 Å². The first-order chi connectivity index (χ1) is 11.5. The molecular weight excluding hydrogens is 407 g/mol. The summed E-state index contributed by atoms with van der Waals surface area (Å²) >= 11 is 0. The van der Waals surface area contributed by atoms with Gasteiger partial charge in [-0.15, -0.1) is 81.2 Å². The fraction of sp³-hybridized carbons (Fsp3) is 0.250. The molecule has 4 aromatic rings. The summed E-state index contributed by atoms with van der Waals surface area (Å²) in [6.45, 7) is 8.92. The number of fused-ring (bicyclic) bond motifs is 2. The molecule has 0 radical (unpaired) electrons. The number of hydrogen-bond donors (Lipinski definition) is 0. The molecule has 0 aliphatic carbocycles. The minimum Gasteiger partial charge on any atom is -1.00 e. The summed E-state index contributed by atoms with van der Waals surface area (Å²) in [5.41, 5.74) is 2.88. The van der Waals surface area contributed by atoms with Crippen LogP contribution in [0.5, 0.6) is 0 Å². The van der Waals surface area contributed by atoms with Crippen molar-refractivity contribution in [3.8, 4) is 0 Å². The molecule has 140 valence electrons. The van der Waals surface area contributed by atoms with Crippen LogP contribution in [0.3, 0.4) is 0 Å². The molecule has 0 fully saturated rings. The maximum Gasteiger partial charge on any atom is 4.00 e. The van der Waals surface area contributed by atoms with Crippen LogP contribution in [0.4, 0.5) is 0 Å². The molecule has 0 aliphatic heterocycles. The van der Waals surface area contributed by atoms with Gasteiger partial charge in [-0.25, -0.2) is 0 Å². The standard InChI is InChI=1S/2C12H13.2ClH.Ti/c2*1-9(2)12-7-10-5-3-4-6-11(10)8-12;;;/h2*3-9H,1-2H3;2*1H;/q2*-1;;;+4/p-2. The van der Waals surface area contributed by atoms with Gasteiger partial charge < -0.3 is 24.8 Å². The van der Waals surface area contributed by atoms with Crippen molar-refractivity contribution in [1.82, 2.24) is 0 Å². The van der Waals surface area contributed by atoms with E-state index in [-0.39, 0.29) is 46.5 Å². The first kappa shape index (κ1) is 26.0. The van der Waals surface area contributed by atoms with Gasteiger partial charge in [0.05, 0.1) is 0 Å². The zero-order chi connectivity index (χ0) is 17.1. The van der Waals surface area contributed by atoms with E-state index in [1.165, 1.54) is 32.7 Å². The third-order valence-electron chi connectivity index (χ3n) is 4.61. The van der Waals surface area contributed by atoms with Crippen molar-refractivity contribution in [1.29, 1.82) is 0 Å². The third kappa shape index (κ3) is 6.51. The van der Waals surface area contributed by atoms with E-state index in [0.29, 0.717) is 11.8 Å². The Morgan fingerprint density at radius 1 is 0.593 bits per heavy atom. The summed E-state index contributed by atoms with van der Waals surface area (Å²) < 4.78 is 0. The van der Waals surface area contributed by atoms with Crippen molar-refractivity contribution >= 4 is 21.5 Å². The van der Waals surface area contributed by atoms with Gasteiger partial charge in [0.1, 0.15) is 0 Å². The molecule has 0 bridgehead atoms. The molecule has 0 aromatic heterocycles. The summed E-state index contributed by atoms with van der Waals surface area (Å²) in [6.07, 6.45) is 0. The maximum atomic E-state index is 2.28. The quantitative estimate of drug-likeness (QED) is 0.331. The van der Waals surface area contributed by atoms with Crippen molar-refractivity contribution in [3.05, 3.63) is 83.9 Å². The van der Waals surface area contributed by atoms with Crippen molar-refractivity contribution < 1.29 is 46.5 Å². The van der Waals surface area contributed by atoms with Crippen LogP contribution in [0.15, 0.2) is 72.8 Å². The molecular formula is C24H26Cl2Ti. The molecule has 27 heavy (non-hydrogen) atoms. The molecule has 3 heteroatoms. The Kier molecular flexibility index (Phi) is 11.3. The fourth-order valence-corrected chi connectivity index (χ4v) is 3.02. The second kappa shape index (κ2) is 11.7. The zero-order valence-electron chi connectivity index (χ0n) is 16.3. The van der Waals surface area contributed by atoms with E-state index in [1.807, 2.05) is 0 Å². The van der Waals surface area contributed by atoms with Crippen molar-refractivity contribution in [2.24, 2.45) is 0 Å². The molecule has 0 saturated heterocycles. The average molecular weight is 433 g/mol. The Labute approximate surface area is 190 Å². The average Bonchev–Trinajstić information content (AvgIpc) is 3.19. The minimum absolute atomic E-state index is 0. The number of benzene rings is 2. The molecule has 0 nitrogen and oxygen atoms in total. The Hall–Kier alpha value is -1.05.